The van der Waals surface area contributed by atoms with Crippen LogP contribution < -0.4 is 5.32 Å². The van der Waals surface area contributed by atoms with Crippen LogP contribution in [-0.4, -0.2) is 31.4 Å². The summed E-state index contributed by atoms with van der Waals surface area (Å²) in [6.45, 7) is 4.34. The van der Waals surface area contributed by atoms with E-state index in [9.17, 15) is 4.79 Å². The Labute approximate surface area is 192 Å². The lowest BCUT2D eigenvalue weighted by Gasteiger charge is -2.09. The molecule has 2 heterocycles. The fourth-order valence-corrected chi connectivity index (χ4v) is 4.02. The molecule has 4 aromatic rings. The average Bonchev–Trinajstić information content (AvgIpc) is 3.28. The number of anilines is 1. The molecule has 0 saturated carbocycles. The van der Waals surface area contributed by atoms with E-state index in [1.54, 1.807) is 18.7 Å². The van der Waals surface area contributed by atoms with Crippen LogP contribution in [0.1, 0.15) is 36.5 Å². The number of benzene rings is 2. The van der Waals surface area contributed by atoms with Crippen LogP contribution in [0.4, 0.5) is 5.69 Å². The first-order valence-corrected chi connectivity index (χ1v) is 11.5. The predicted molar refractivity (Wildman–Crippen MR) is 128 cm³/mol. The standard InChI is InChI=1S/C25H25N5OS/c1-18(2)21-5-9-23(10-6-21)30-17-27-29-25(30)32-16-24(31)28-22-7-3-19(4-8-22)15-20-11-13-26-14-12-20/h3-14,17-18H,15-16H2,1-2H3,(H,28,31). The Morgan fingerprint density at radius 3 is 2.34 bits per heavy atom. The molecule has 0 aliphatic rings. The van der Waals surface area contributed by atoms with Crippen LogP contribution in [0.3, 0.4) is 0 Å². The van der Waals surface area contributed by atoms with E-state index >= 15 is 0 Å². The molecule has 0 unspecified atom stereocenters. The van der Waals surface area contributed by atoms with Crippen LogP contribution in [-0.2, 0) is 11.2 Å². The van der Waals surface area contributed by atoms with Crippen molar-refractivity contribution in [3.8, 4) is 5.69 Å². The van der Waals surface area contributed by atoms with E-state index < -0.39 is 0 Å². The fraction of sp³-hybridized carbons (Fsp3) is 0.200. The van der Waals surface area contributed by atoms with Gasteiger partial charge in [-0.3, -0.25) is 14.3 Å². The molecule has 32 heavy (non-hydrogen) atoms. The average molecular weight is 444 g/mol. The first kappa shape index (κ1) is 21.8. The molecule has 2 aromatic carbocycles. The van der Waals surface area contributed by atoms with Crippen molar-refractivity contribution in [1.82, 2.24) is 19.7 Å². The zero-order valence-corrected chi connectivity index (χ0v) is 18.9. The summed E-state index contributed by atoms with van der Waals surface area (Å²) in [5.74, 6) is 0.649. The SMILES string of the molecule is CC(C)c1ccc(-n2cnnc2SCC(=O)Nc2ccc(Cc3ccncc3)cc2)cc1. The number of hydrogen-bond donors (Lipinski definition) is 1. The third kappa shape index (κ3) is 5.62. The summed E-state index contributed by atoms with van der Waals surface area (Å²) in [5, 5.41) is 11.8. The molecule has 6 nitrogen and oxygen atoms in total. The maximum Gasteiger partial charge on any atom is 0.234 e. The molecular formula is C25H25N5OS. The molecule has 0 aliphatic heterocycles. The van der Waals surface area contributed by atoms with Gasteiger partial charge < -0.3 is 5.32 Å². The first-order valence-electron chi connectivity index (χ1n) is 10.5. The molecule has 0 atom stereocenters. The van der Waals surface area contributed by atoms with Crippen molar-refractivity contribution in [2.45, 2.75) is 31.3 Å². The predicted octanol–water partition coefficient (Wildman–Crippen LogP) is 5.11. The van der Waals surface area contributed by atoms with Gasteiger partial charge in [-0.25, -0.2) is 0 Å². The van der Waals surface area contributed by atoms with Crippen LogP contribution >= 0.6 is 11.8 Å². The number of carbonyl (C=O) groups excluding carboxylic acids is 1. The third-order valence-electron chi connectivity index (χ3n) is 5.08. The van der Waals surface area contributed by atoms with E-state index in [-0.39, 0.29) is 11.7 Å². The summed E-state index contributed by atoms with van der Waals surface area (Å²) in [6, 6.07) is 20.2. The fourth-order valence-electron chi connectivity index (χ4n) is 3.29. The van der Waals surface area contributed by atoms with Crippen LogP contribution in [0.25, 0.3) is 5.69 Å². The topological polar surface area (TPSA) is 72.7 Å². The maximum atomic E-state index is 12.5. The van der Waals surface area contributed by atoms with Gasteiger partial charge in [0.05, 0.1) is 5.75 Å². The lowest BCUT2D eigenvalue weighted by Crippen LogP contribution is -2.14. The Balaban J connectivity index is 1.32. The van der Waals surface area contributed by atoms with E-state index in [1.807, 2.05) is 41.0 Å². The molecule has 0 spiro atoms. The molecule has 1 amide bonds. The number of carbonyl (C=O) groups is 1. The van der Waals surface area contributed by atoms with Crippen molar-refractivity contribution in [3.63, 3.8) is 0 Å². The summed E-state index contributed by atoms with van der Waals surface area (Å²) in [4.78, 5) is 16.5. The second-order valence-corrected chi connectivity index (χ2v) is 8.74. The second-order valence-electron chi connectivity index (χ2n) is 7.80. The van der Waals surface area contributed by atoms with Gasteiger partial charge in [0.2, 0.25) is 5.91 Å². The van der Waals surface area contributed by atoms with Crippen LogP contribution in [0.15, 0.2) is 84.5 Å². The number of pyridine rings is 1. The smallest absolute Gasteiger partial charge is 0.234 e. The molecule has 2 aromatic heterocycles. The molecule has 0 bridgehead atoms. The van der Waals surface area contributed by atoms with Gasteiger partial charge in [0.1, 0.15) is 6.33 Å². The molecule has 4 rings (SSSR count). The van der Waals surface area contributed by atoms with Crippen LogP contribution in [0.5, 0.6) is 0 Å². The highest BCUT2D eigenvalue weighted by molar-refractivity contribution is 7.99. The highest BCUT2D eigenvalue weighted by atomic mass is 32.2. The number of nitrogens with zero attached hydrogens (tertiary/aromatic N) is 4. The van der Waals surface area contributed by atoms with Gasteiger partial charge in [-0.05, 0) is 65.4 Å². The zero-order chi connectivity index (χ0) is 22.3. The number of amides is 1. The monoisotopic (exact) mass is 443 g/mol. The molecule has 0 aliphatic carbocycles. The van der Waals surface area contributed by atoms with Gasteiger partial charge in [-0.15, -0.1) is 10.2 Å². The quantitative estimate of drug-likeness (QED) is 0.383. The third-order valence-corrected chi connectivity index (χ3v) is 6.03. The lowest BCUT2D eigenvalue weighted by molar-refractivity contribution is -0.113. The van der Waals surface area contributed by atoms with Crippen molar-refractivity contribution in [2.24, 2.45) is 0 Å². The normalized spacial score (nSPS) is 11.0. The number of aromatic nitrogens is 4. The molecule has 0 saturated heterocycles. The van der Waals surface area contributed by atoms with Gasteiger partial charge in [-0.1, -0.05) is 49.9 Å². The molecular weight excluding hydrogens is 418 g/mol. The summed E-state index contributed by atoms with van der Waals surface area (Å²) in [5.41, 5.74) is 5.42. The number of hydrogen-bond acceptors (Lipinski definition) is 5. The largest absolute Gasteiger partial charge is 0.325 e. The minimum atomic E-state index is -0.0819. The van der Waals surface area contributed by atoms with E-state index in [0.717, 1.165) is 17.8 Å². The van der Waals surface area contributed by atoms with Crippen molar-refractivity contribution >= 4 is 23.4 Å². The molecule has 0 fully saturated rings. The molecule has 162 valence electrons. The van der Waals surface area contributed by atoms with Crippen molar-refractivity contribution in [3.05, 3.63) is 96.1 Å². The minimum absolute atomic E-state index is 0.0819. The maximum absolute atomic E-state index is 12.5. The number of rotatable bonds is 8. The van der Waals surface area contributed by atoms with E-state index in [0.29, 0.717) is 11.1 Å². The molecule has 0 radical (unpaired) electrons. The highest BCUT2D eigenvalue weighted by Crippen LogP contribution is 2.22. The Hall–Kier alpha value is -3.45. The summed E-state index contributed by atoms with van der Waals surface area (Å²) in [6.07, 6.45) is 6.10. The molecule has 7 heteroatoms. The van der Waals surface area contributed by atoms with Gasteiger partial charge in [0.15, 0.2) is 5.16 Å². The Bertz CT molecular complexity index is 1160. The highest BCUT2D eigenvalue weighted by Gasteiger charge is 2.11. The van der Waals surface area contributed by atoms with E-state index in [4.69, 9.17) is 0 Å². The Morgan fingerprint density at radius 2 is 1.66 bits per heavy atom. The van der Waals surface area contributed by atoms with Gasteiger partial charge in [0, 0.05) is 23.8 Å². The summed E-state index contributed by atoms with van der Waals surface area (Å²) >= 11 is 1.36. The zero-order valence-electron chi connectivity index (χ0n) is 18.1. The Kier molecular flexibility index (Phi) is 6.97. The Morgan fingerprint density at radius 1 is 0.969 bits per heavy atom. The lowest BCUT2D eigenvalue weighted by atomic mass is 10.0. The van der Waals surface area contributed by atoms with Gasteiger partial charge >= 0.3 is 0 Å². The summed E-state index contributed by atoms with van der Waals surface area (Å²) in [7, 11) is 0. The minimum Gasteiger partial charge on any atom is -0.325 e. The number of thioether (sulfide) groups is 1. The van der Waals surface area contributed by atoms with Crippen LogP contribution in [0.2, 0.25) is 0 Å². The van der Waals surface area contributed by atoms with E-state index in [1.165, 1.54) is 28.5 Å². The van der Waals surface area contributed by atoms with Crippen molar-refractivity contribution < 1.29 is 4.79 Å². The van der Waals surface area contributed by atoms with Crippen molar-refractivity contribution in [1.29, 1.82) is 0 Å². The molecule has 1 N–H and O–H groups in total. The summed E-state index contributed by atoms with van der Waals surface area (Å²) < 4.78 is 1.90. The number of nitrogens with one attached hydrogen (secondary N) is 1. The van der Waals surface area contributed by atoms with Gasteiger partial charge in [-0.2, -0.15) is 0 Å². The second kappa shape index (κ2) is 10.2. The van der Waals surface area contributed by atoms with Crippen LogP contribution in [0, 0.1) is 0 Å². The van der Waals surface area contributed by atoms with Crippen molar-refractivity contribution in [2.75, 3.05) is 11.1 Å². The van der Waals surface area contributed by atoms with E-state index in [2.05, 4.69) is 58.6 Å². The van der Waals surface area contributed by atoms with Gasteiger partial charge in [0.25, 0.3) is 0 Å². The first-order chi connectivity index (χ1) is 15.6.